The van der Waals surface area contributed by atoms with Gasteiger partial charge >= 0.3 is 0 Å². The van der Waals surface area contributed by atoms with Crippen molar-refractivity contribution < 1.29 is 24.8 Å². The van der Waals surface area contributed by atoms with Crippen molar-refractivity contribution in [3.05, 3.63) is 89.7 Å². The van der Waals surface area contributed by atoms with Gasteiger partial charge in [0.15, 0.2) is 6.35 Å². The summed E-state index contributed by atoms with van der Waals surface area (Å²) in [5.41, 5.74) is 1.93. The molecule has 162 valence electrons. The molecule has 7 heteroatoms. The number of aliphatic hydroxyl groups excluding tert-OH is 2. The molecule has 0 aliphatic carbocycles. The zero-order valence-corrected chi connectivity index (χ0v) is 16.8. The summed E-state index contributed by atoms with van der Waals surface area (Å²) in [6.45, 7) is 0. The summed E-state index contributed by atoms with van der Waals surface area (Å²) in [6.07, 6.45) is -0.953. The first-order valence-corrected chi connectivity index (χ1v) is 10.2. The van der Waals surface area contributed by atoms with Crippen LogP contribution in [-0.4, -0.2) is 32.8 Å². The fraction of sp³-hybridized carbons (Fsp3) is 0.250. The second-order valence-corrected chi connectivity index (χ2v) is 7.72. The zero-order valence-electron chi connectivity index (χ0n) is 16.8. The molecule has 0 radical (unpaired) electrons. The van der Waals surface area contributed by atoms with E-state index in [0.717, 1.165) is 5.69 Å². The third-order valence-corrected chi connectivity index (χ3v) is 5.70. The van der Waals surface area contributed by atoms with Gasteiger partial charge in [0.05, 0.1) is 12.1 Å². The van der Waals surface area contributed by atoms with E-state index in [2.05, 4.69) is 5.32 Å². The van der Waals surface area contributed by atoms with Crippen LogP contribution in [0.25, 0.3) is 0 Å². The Kier molecular flexibility index (Phi) is 6.08. The minimum Gasteiger partial charge on any atom is -0.508 e. The highest BCUT2D eigenvalue weighted by Crippen LogP contribution is 2.41. The molecule has 0 bridgehead atoms. The van der Waals surface area contributed by atoms with Crippen LogP contribution in [0.1, 0.15) is 36.1 Å². The van der Waals surface area contributed by atoms with Crippen molar-refractivity contribution >= 4 is 5.69 Å². The third-order valence-electron chi connectivity index (χ3n) is 5.70. The minimum atomic E-state index is -1.01. The van der Waals surface area contributed by atoms with E-state index < -0.39 is 18.5 Å². The van der Waals surface area contributed by atoms with E-state index in [-0.39, 0.29) is 23.4 Å². The van der Waals surface area contributed by atoms with Gasteiger partial charge in [-0.05, 0) is 54.8 Å². The normalized spacial score (nSPS) is 21.9. The maximum Gasteiger partial charge on any atom is 0.184 e. The predicted molar refractivity (Wildman–Crippen MR) is 115 cm³/mol. The molecule has 4 rings (SSSR count). The molecular weight excluding hydrogens is 399 g/mol. The van der Waals surface area contributed by atoms with E-state index in [9.17, 15) is 24.8 Å². The molecule has 1 aliphatic rings. The number of halogens is 1. The summed E-state index contributed by atoms with van der Waals surface area (Å²) >= 11 is 0. The summed E-state index contributed by atoms with van der Waals surface area (Å²) in [4.78, 5) is 1.76. The lowest BCUT2D eigenvalue weighted by molar-refractivity contribution is 0.143. The molecule has 4 atom stereocenters. The Morgan fingerprint density at radius 2 is 1.68 bits per heavy atom. The lowest BCUT2D eigenvalue weighted by atomic mass is 9.92. The van der Waals surface area contributed by atoms with Crippen molar-refractivity contribution in [2.75, 3.05) is 4.90 Å². The van der Waals surface area contributed by atoms with Crippen LogP contribution >= 0.6 is 0 Å². The predicted octanol–water partition coefficient (Wildman–Crippen LogP) is 3.55. The summed E-state index contributed by atoms with van der Waals surface area (Å²) in [7, 11) is 0. The van der Waals surface area contributed by atoms with E-state index in [1.807, 2.05) is 30.3 Å². The molecule has 1 aliphatic heterocycles. The highest BCUT2D eigenvalue weighted by molar-refractivity contribution is 5.54. The monoisotopic (exact) mass is 424 g/mol. The standard InChI is InChI=1S/C24H25FN2O4/c25-16-8-6-15(7-9-16)21(29)13-12-20-23(19-11-10-18(28)14-22(19)30)27(24(31)26-20)17-4-2-1-3-5-17/h1-11,14,20-21,23-24,26,28-31H,12-13H2. The average molecular weight is 424 g/mol. The number of aliphatic hydroxyl groups is 2. The molecule has 0 amide bonds. The smallest absolute Gasteiger partial charge is 0.184 e. The molecule has 3 aromatic carbocycles. The molecule has 1 heterocycles. The number of nitrogens with zero attached hydrogens (tertiary/aromatic N) is 1. The lowest BCUT2D eigenvalue weighted by Crippen LogP contribution is -2.36. The van der Waals surface area contributed by atoms with Crippen LogP contribution in [0.3, 0.4) is 0 Å². The second kappa shape index (κ2) is 8.93. The number of phenolic OH excluding ortho intramolecular Hbond substituents is 2. The molecular formula is C24H25FN2O4. The average Bonchev–Trinajstić information content (AvgIpc) is 3.09. The molecule has 0 spiro atoms. The van der Waals surface area contributed by atoms with Gasteiger partial charge in [0.1, 0.15) is 17.3 Å². The molecule has 1 fully saturated rings. The van der Waals surface area contributed by atoms with Gasteiger partial charge in [0.25, 0.3) is 0 Å². The Morgan fingerprint density at radius 1 is 0.968 bits per heavy atom. The van der Waals surface area contributed by atoms with Crippen LogP contribution in [-0.2, 0) is 0 Å². The van der Waals surface area contributed by atoms with Crippen molar-refractivity contribution in [2.24, 2.45) is 0 Å². The number of nitrogens with one attached hydrogen (secondary N) is 1. The minimum absolute atomic E-state index is 0.0534. The molecule has 1 saturated heterocycles. The van der Waals surface area contributed by atoms with Crippen LogP contribution in [0.2, 0.25) is 0 Å². The lowest BCUT2D eigenvalue weighted by Gasteiger charge is -2.31. The highest BCUT2D eigenvalue weighted by Gasteiger charge is 2.42. The molecule has 4 unspecified atom stereocenters. The summed E-state index contributed by atoms with van der Waals surface area (Å²) in [5.74, 6) is -0.494. The number of benzene rings is 3. The summed E-state index contributed by atoms with van der Waals surface area (Å²) in [5, 5.41) is 44.7. The quantitative estimate of drug-likeness (QED) is 0.415. The Morgan fingerprint density at radius 3 is 2.35 bits per heavy atom. The number of hydrogen-bond donors (Lipinski definition) is 5. The Hall–Kier alpha value is -3.13. The summed E-state index contributed by atoms with van der Waals surface area (Å²) in [6, 6.07) is 18.7. The maximum absolute atomic E-state index is 13.2. The number of hydrogen-bond acceptors (Lipinski definition) is 6. The van der Waals surface area contributed by atoms with Crippen LogP contribution in [0.15, 0.2) is 72.8 Å². The number of aromatic hydroxyl groups is 2. The molecule has 6 nitrogen and oxygen atoms in total. The largest absolute Gasteiger partial charge is 0.508 e. The Bertz CT molecular complexity index is 1020. The van der Waals surface area contributed by atoms with Crippen LogP contribution < -0.4 is 10.2 Å². The van der Waals surface area contributed by atoms with Gasteiger partial charge in [-0.2, -0.15) is 0 Å². The van der Waals surface area contributed by atoms with Crippen LogP contribution in [0.5, 0.6) is 11.5 Å². The first-order chi connectivity index (χ1) is 14.9. The first-order valence-electron chi connectivity index (χ1n) is 10.2. The zero-order chi connectivity index (χ0) is 22.0. The number of phenols is 2. The van der Waals surface area contributed by atoms with E-state index >= 15 is 0 Å². The van der Waals surface area contributed by atoms with Gasteiger partial charge in [0.2, 0.25) is 0 Å². The van der Waals surface area contributed by atoms with Crippen LogP contribution in [0.4, 0.5) is 10.1 Å². The van der Waals surface area contributed by atoms with E-state index in [1.165, 1.54) is 24.3 Å². The SMILES string of the molecule is Oc1ccc(C2C(CCC(O)c3ccc(F)cc3)NC(O)N2c2ccccc2)c(O)c1. The molecule has 31 heavy (non-hydrogen) atoms. The van der Waals surface area contributed by atoms with Gasteiger partial charge < -0.3 is 25.3 Å². The van der Waals surface area contributed by atoms with Gasteiger partial charge in [0, 0.05) is 23.4 Å². The van der Waals surface area contributed by atoms with Gasteiger partial charge in [-0.15, -0.1) is 0 Å². The number of para-hydroxylation sites is 1. The van der Waals surface area contributed by atoms with Crippen molar-refractivity contribution in [1.29, 1.82) is 0 Å². The fourth-order valence-electron chi connectivity index (χ4n) is 4.19. The molecule has 5 N–H and O–H groups in total. The van der Waals surface area contributed by atoms with Gasteiger partial charge in [-0.3, -0.25) is 5.32 Å². The second-order valence-electron chi connectivity index (χ2n) is 7.72. The Labute approximate surface area is 179 Å². The fourth-order valence-corrected chi connectivity index (χ4v) is 4.19. The molecule has 0 saturated carbocycles. The Balaban J connectivity index is 1.61. The van der Waals surface area contributed by atoms with E-state index in [0.29, 0.717) is 24.0 Å². The summed E-state index contributed by atoms with van der Waals surface area (Å²) < 4.78 is 13.2. The third kappa shape index (κ3) is 4.49. The maximum atomic E-state index is 13.2. The van der Waals surface area contributed by atoms with Crippen molar-refractivity contribution in [1.82, 2.24) is 5.32 Å². The first kappa shape index (κ1) is 21.1. The van der Waals surface area contributed by atoms with E-state index in [1.54, 1.807) is 23.1 Å². The topological polar surface area (TPSA) is 96.2 Å². The molecule has 3 aromatic rings. The molecule has 0 aromatic heterocycles. The van der Waals surface area contributed by atoms with Crippen molar-refractivity contribution in [3.63, 3.8) is 0 Å². The number of anilines is 1. The van der Waals surface area contributed by atoms with Crippen molar-refractivity contribution in [2.45, 2.75) is 37.4 Å². The van der Waals surface area contributed by atoms with Crippen LogP contribution in [0, 0.1) is 5.82 Å². The van der Waals surface area contributed by atoms with Gasteiger partial charge in [-0.1, -0.05) is 30.3 Å². The van der Waals surface area contributed by atoms with Gasteiger partial charge in [-0.25, -0.2) is 4.39 Å². The highest BCUT2D eigenvalue weighted by atomic mass is 19.1. The van der Waals surface area contributed by atoms with Crippen molar-refractivity contribution in [3.8, 4) is 11.5 Å². The number of rotatable bonds is 6. The van der Waals surface area contributed by atoms with E-state index in [4.69, 9.17) is 0 Å².